The van der Waals surface area contributed by atoms with Crippen LogP contribution in [0.5, 0.6) is 0 Å². The largest absolute Gasteiger partial charge is 0.374 e. The Morgan fingerprint density at radius 3 is 2.17 bits per heavy atom. The number of nitrogens with one attached hydrogen (secondary N) is 3. The maximum absolute atomic E-state index is 13.0. The van der Waals surface area contributed by atoms with E-state index in [0.717, 1.165) is 17.5 Å². The van der Waals surface area contributed by atoms with Gasteiger partial charge in [-0.3, -0.25) is 9.59 Å². The van der Waals surface area contributed by atoms with Crippen molar-refractivity contribution >= 4 is 17.5 Å². The molecule has 0 radical (unpaired) electrons. The zero-order valence-corrected chi connectivity index (χ0v) is 19.3. The lowest BCUT2D eigenvalue weighted by Crippen LogP contribution is -2.47. The molecule has 0 spiro atoms. The summed E-state index contributed by atoms with van der Waals surface area (Å²) in [5, 5.41) is 5.67. The summed E-state index contributed by atoms with van der Waals surface area (Å²) in [6, 6.07) is 26.7. The summed E-state index contributed by atoms with van der Waals surface area (Å²) in [7, 11) is 0. The van der Waals surface area contributed by atoms with E-state index in [4.69, 9.17) is 4.74 Å². The minimum absolute atomic E-state index is 0.0432. The van der Waals surface area contributed by atoms with Crippen LogP contribution in [-0.2, 0) is 33.8 Å². The van der Waals surface area contributed by atoms with E-state index in [2.05, 4.69) is 32.7 Å². The molecule has 1 atom stereocenters. The van der Waals surface area contributed by atoms with Crippen LogP contribution >= 0.6 is 0 Å². The fourth-order valence-electron chi connectivity index (χ4n) is 3.62. The monoisotopic (exact) mass is 468 g/mol. The van der Waals surface area contributed by atoms with Crippen LogP contribution < -0.4 is 10.6 Å². The molecule has 3 aromatic carbocycles. The van der Waals surface area contributed by atoms with Crippen molar-refractivity contribution in [2.45, 2.75) is 25.5 Å². The van der Waals surface area contributed by atoms with E-state index in [1.807, 2.05) is 72.8 Å². The van der Waals surface area contributed by atoms with Gasteiger partial charge < -0.3 is 20.4 Å². The number of hydrogen-bond acceptors (Lipinski definition) is 4. The molecule has 0 aliphatic heterocycles. The Kier molecular flexibility index (Phi) is 8.40. The fourth-order valence-corrected chi connectivity index (χ4v) is 3.62. The van der Waals surface area contributed by atoms with Crippen molar-refractivity contribution in [2.75, 3.05) is 11.9 Å². The standard InChI is InChI=1S/C28H28N4O3/c33-27(16-25-17-29-20-30-25)32-26(19-35-18-23-9-5-2-6-10-23)28(34)31-24-13-11-22(12-14-24)15-21-7-3-1-4-8-21/h1-14,17,20,26H,15-16,18-19H2,(H,29,30)(H,31,34)(H,32,33). The van der Waals surface area contributed by atoms with Crippen LogP contribution in [0, 0.1) is 0 Å². The summed E-state index contributed by atoms with van der Waals surface area (Å²) in [5.41, 5.74) is 4.68. The Labute approximate surface area is 204 Å². The second-order valence-electron chi connectivity index (χ2n) is 8.22. The van der Waals surface area contributed by atoms with Gasteiger partial charge in [-0.1, -0.05) is 72.8 Å². The number of anilines is 1. The summed E-state index contributed by atoms with van der Waals surface area (Å²) < 4.78 is 5.77. The number of aromatic amines is 1. The van der Waals surface area contributed by atoms with Crippen molar-refractivity contribution in [1.82, 2.24) is 15.3 Å². The Balaban J connectivity index is 1.36. The average molecular weight is 469 g/mol. The number of hydrogen-bond donors (Lipinski definition) is 3. The van der Waals surface area contributed by atoms with Gasteiger partial charge in [-0.25, -0.2) is 4.98 Å². The summed E-state index contributed by atoms with van der Waals surface area (Å²) in [6.45, 7) is 0.386. The first-order chi connectivity index (χ1) is 17.2. The predicted molar refractivity (Wildman–Crippen MR) is 135 cm³/mol. The van der Waals surface area contributed by atoms with E-state index in [1.54, 1.807) is 6.20 Å². The summed E-state index contributed by atoms with van der Waals surface area (Å²) in [6.07, 6.45) is 4.00. The maximum Gasteiger partial charge on any atom is 0.249 e. The molecule has 1 heterocycles. The van der Waals surface area contributed by atoms with E-state index >= 15 is 0 Å². The molecule has 0 fully saturated rings. The third-order valence-corrected chi connectivity index (χ3v) is 5.43. The van der Waals surface area contributed by atoms with Crippen molar-refractivity contribution in [1.29, 1.82) is 0 Å². The topological polar surface area (TPSA) is 96.1 Å². The number of ether oxygens (including phenoxy) is 1. The van der Waals surface area contributed by atoms with Crippen LogP contribution in [0.1, 0.15) is 22.4 Å². The van der Waals surface area contributed by atoms with E-state index in [9.17, 15) is 9.59 Å². The Bertz CT molecular complexity index is 1190. The molecule has 0 aliphatic carbocycles. The second-order valence-corrected chi connectivity index (χ2v) is 8.22. The number of carbonyl (C=O) groups is 2. The highest BCUT2D eigenvalue weighted by Gasteiger charge is 2.22. The van der Waals surface area contributed by atoms with Crippen molar-refractivity contribution in [3.8, 4) is 0 Å². The number of aromatic nitrogens is 2. The molecular formula is C28H28N4O3. The average Bonchev–Trinajstić information content (AvgIpc) is 3.39. The fraction of sp³-hybridized carbons (Fsp3) is 0.179. The number of imidazole rings is 1. The molecule has 0 bridgehead atoms. The predicted octanol–water partition coefficient (Wildman–Crippen LogP) is 3.88. The number of nitrogens with zero attached hydrogens (tertiary/aromatic N) is 1. The van der Waals surface area contributed by atoms with Crippen molar-refractivity contribution in [3.63, 3.8) is 0 Å². The molecule has 3 N–H and O–H groups in total. The first-order valence-corrected chi connectivity index (χ1v) is 11.5. The normalized spacial score (nSPS) is 11.5. The van der Waals surface area contributed by atoms with Crippen LogP contribution in [0.2, 0.25) is 0 Å². The third-order valence-electron chi connectivity index (χ3n) is 5.43. The number of rotatable bonds is 11. The zero-order chi connectivity index (χ0) is 24.3. The molecule has 2 amide bonds. The lowest BCUT2D eigenvalue weighted by molar-refractivity contribution is -0.127. The van der Waals surface area contributed by atoms with Gasteiger partial charge in [-0.2, -0.15) is 0 Å². The lowest BCUT2D eigenvalue weighted by atomic mass is 10.0. The van der Waals surface area contributed by atoms with Gasteiger partial charge in [0.15, 0.2) is 0 Å². The first kappa shape index (κ1) is 23.9. The SMILES string of the molecule is O=C(Cc1cnc[nH]1)NC(COCc1ccccc1)C(=O)Nc1ccc(Cc2ccccc2)cc1. The maximum atomic E-state index is 13.0. The Morgan fingerprint density at radius 2 is 1.51 bits per heavy atom. The van der Waals surface area contributed by atoms with Crippen LogP contribution in [0.15, 0.2) is 97.5 Å². The summed E-state index contributed by atoms with van der Waals surface area (Å²) in [4.78, 5) is 32.4. The number of H-pyrrole nitrogens is 1. The minimum atomic E-state index is -0.849. The highest BCUT2D eigenvalue weighted by molar-refractivity contribution is 5.97. The van der Waals surface area contributed by atoms with Crippen LogP contribution in [-0.4, -0.2) is 34.4 Å². The van der Waals surface area contributed by atoms with Crippen LogP contribution in [0.3, 0.4) is 0 Å². The van der Waals surface area contributed by atoms with Gasteiger partial charge in [-0.05, 0) is 35.2 Å². The van der Waals surface area contributed by atoms with E-state index in [0.29, 0.717) is 18.0 Å². The van der Waals surface area contributed by atoms with Crippen molar-refractivity contribution in [2.24, 2.45) is 0 Å². The van der Waals surface area contributed by atoms with E-state index in [-0.39, 0.29) is 24.8 Å². The summed E-state index contributed by atoms with van der Waals surface area (Å²) >= 11 is 0. The van der Waals surface area contributed by atoms with E-state index in [1.165, 1.54) is 11.9 Å². The molecule has 0 saturated heterocycles. The van der Waals surface area contributed by atoms with Crippen molar-refractivity contribution in [3.05, 3.63) is 120 Å². The minimum Gasteiger partial charge on any atom is -0.374 e. The smallest absolute Gasteiger partial charge is 0.249 e. The lowest BCUT2D eigenvalue weighted by Gasteiger charge is -2.19. The zero-order valence-electron chi connectivity index (χ0n) is 19.3. The summed E-state index contributed by atoms with van der Waals surface area (Å²) in [5.74, 6) is -0.636. The van der Waals surface area contributed by atoms with Gasteiger partial charge in [0.05, 0.1) is 26.0 Å². The van der Waals surface area contributed by atoms with Gasteiger partial charge in [0.1, 0.15) is 6.04 Å². The molecule has 4 rings (SSSR count). The quantitative estimate of drug-likeness (QED) is 0.311. The molecule has 4 aromatic rings. The molecule has 7 heteroatoms. The molecule has 1 unspecified atom stereocenters. The first-order valence-electron chi connectivity index (χ1n) is 11.5. The number of amides is 2. The molecule has 178 valence electrons. The second kappa shape index (κ2) is 12.3. The molecular weight excluding hydrogens is 440 g/mol. The van der Waals surface area contributed by atoms with Gasteiger partial charge in [0.2, 0.25) is 11.8 Å². The highest BCUT2D eigenvalue weighted by atomic mass is 16.5. The molecule has 0 saturated carbocycles. The van der Waals surface area contributed by atoms with E-state index < -0.39 is 6.04 Å². The molecule has 35 heavy (non-hydrogen) atoms. The third kappa shape index (κ3) is 7.65. The van der Waals surface area contributed by atoms with Crippen molar-refractivity contribution < 1.29 is 14.3 Å². The van der Waals surface area contributed by atoms with Gasteiger partial charge in [-0.15, -0.1) is 0 Å². The Hall–Kier alpha value is -4.23. The van der Waals surface area contributed by atoms with Crippen LogP contribution in [0.25, 0.3) is 0 Å². The Morgan fingerprint density at radius 1 is 0.857 bits per heavy atom. The molecule has 0 aliphatic rings. The molecule has 7 nitrogen and oxygen atoms in total. The van der Waals surface area contributed by atoms with Gasteiger partial charge in [0.25, 0.3) is 0 Å². The number of carbonyl (C=O) groups excluding carboxylic acids is 2. The van der Waals surface area contributed by atoms with Gasteiger partial charge in [0, 0.05) is 17.6 Å². The molecule has 1 aromatic heterocycles. The van der Waals surface area contributed by atoms with Crippen LogP contribution in [0.4, 0.5) is 5.69 Å². The number of benzene rings is 3. The highest BCUT2D eigenvalue weighted by Crippen LogP contribution is 2.14. The van der Waals surface area contributed by atoms with Gasteiger partial charge >= 0.3 is 0 Å².